The molecule has 7 heteroatoms. The van der Waals surface area contributed by atoms with Gasteiger partial charge in [0.2, 0.25) is 0 Å². The molecule has 1 aromatic heterocycles. The number of nitrogens with zero attached hydrogens (tertiary/aromatic N) is 1. The van der Waals surface area contributed by atoms with Gasteiger partial charge in [-0.1, -0.05) is 70.2 Å². The van der Waals surface area contributed by atoms with E-state index in [9.17, 15) is 23.4 Å². The van der Waals surface area contributed by atoms with E-state index in [1.165, 1.54) is 6.07 Å². The molecular weight excluding hydrogens is 501 g/mol. The SMILES string of the molecule is CCN(CC)Cc1ccc2[nH]c(CC(O)(CC(C)(C)c3cc(-c4ccccc4)ccc3O)C(F)(F)F)cc2c1. The Morgan fingerprint density at radius 3 is 2.18 bits per heavy atom. The monoisotopic (exact) mass is 538 g/mol. The first-order valence-corrected chi connectivity index (χ1v) is 13.4. The molecule has 3 aromatic carbocycles. The number of hydrogen-bond acceptors (Lipinski definition) is 3. The Morgan fingerprint density at radius 2 is 1.54 bits per heavy atom. The molecule has 4 aromatic rings. The van der Waals surface area contributed by atoms with E-state index in [1.807, 2.05) is 48.5 Å². The van der Waals surface area contributed by atoms with Crippen LogP contribution in [0.3, 0.4) is 0 Å². The number of rotatable bonds is 10. The molecule has 0 spiro atoms. The summed E-state index contributed by atoms with van der Waals surface area (Å²) in [5.74, 6) is -0.101. The van der Waals surface area contributed by atoms with Gasteiger partial charge in [0, 0.05) is 29.7 Å². The molecule has 0 amide bonds. The molecule has 0 aliphatic heterocycles. The third kappa shape index (κ3) is 6.31. The van der Waals surface area contributed by atoms with E-state index < -0.39 is 30.0 Å². The second-order valence-electron chi connectivity index (χ2n) is 11.0. The lowest BCUT2D eigenvalue weighted by molar-refractivity contribution is -0.266. The van der Waals surface area contributed by atoms with Gasteiger partial charge in [-0.25, -0.2) is 0 Å². The van der Waals surface area contributed by atoms with Crippen LogP contribution in [-0.2, 0) is 18.4 Å². The Kier molecular flexibility index (Phi) is 8.14. The lowest BCUT2D eigenvalue weighted by Gasteiger charge is -2.38. The van der Waals surface area contributed by atoms with Crippen molar-refractivity contribution in [1.29, 1.82) is 0 Å². The molecule has 208 valence electrons. The Labute approximate surface area is 228 Å². The Bertz CT molecular complexity index is 1410. The van der Waals surface area contributed by atoms with Crippen LogP contribution in [0, 0.1) is 0 Å². The fraction of sp³-hybridized carbons (Fsp3) is 0.375. The van der Waals surface area contributed by atoms with Crippen molar-refractivity contribution >= 4 is 10.9 Å². The Balaban J connectivity index is 1.64. The number of fused-ring (bicyclic) bond motifs is 1. The fourth-order valence-electron chi connectivity index (χ4n) is 5.43. The number of H-pyrrole nitrogens is 1. The molecule has 4 rings (SSSR count). The standard InChI is InChI=1S/C32H37F3N2O2/c1-5-37(6-2)20-22-12-14-28-25(16-22)17-26(36-28)19-31(39,32(33,34)35)21-30(3,4)27-18-24(13-15-29(27)38)23-10-8-7-9-11-23/h7-18,36,38-39H,5-6,19-21H2,1-4H3. The largest absolute Gasteiger partial charge is 0.508 e. The Morgan fingerprint density at radius 1 is 0.846 bits per heavy atom. The smallest absolute Gasteiger partial charge is 0.417 e. The molecular formula is C32H37F3N2O2. The normalized spacial score (nSPS) is 14.2. The number of phenolic OH excluding ortho intramolecular Hbond substituents is 1. The number of alkyl halides is 3. The Hall–Kier alpha value is -3.29. The van der Waals surface area contributed by atoms with Crippen LogP contribution in [-0.4, -0.2) is 45.0 Å². The highest BCUT2D eigenvalue weighted by atomic mass is 19.4. The quantitative estimate of drug-likeness (QED) is 0.195. The minimum absolute atomic E-state index is 0.101. The summed E-state index contributed by atoms with van der Waals surface area (Å²) in [7, 11) is 0. The third-order valence-corrected chi connectivity index (χ3v) is 7.62. The van der Waals surface area contributed by atoms with E-state index in [-0.39, 0.29) is 5.75 Å². The minimum Gasteiger partial charge on any atom is -0.508 e. The number of halogens is 3. The van der Waals surface area contributed by atoms with Gasteiger partial charge in [-0.3, -0.25) is 4.90 Å². The van der Waals surface area contributed by atoms with E-state index in [1.54, 1.807) is 32.0 Å². The maximum absolute atomic E-state index is 14.5. The molecule has 39 heavy (non-hydrogen) atoms. The van der Waals surface area contributed by atoms with Crippen molar-refractivity contribution in [3.05, 3.63) is 89.6 Å². The summed E-state index contributed by atoms with van der Waals surface area (Å²) in [6.45, 7) is 10.0. The zero-order chi connectivity index (χ0) is 28.4. The maximum Gasteiger partial charge on any atom is 0.417 e. The second-order valence-corrected chi connectivity index (χ2v) is 11.0. The van der Waals surface area contributed by atoms with Gasteiger partial charge in [0.15, 0.2) is 5.60 Å². The van der Waals surface area contributed by atoms with E-state index in [2.05, 4.69) is 23.7 Å². The number of aliphatic hydroxyl groups is 1. The zero-order valence-corrected chi connectivity index (χ0v) is 22.9. The molecule has 1 heterocycles. The average molecular weight is 539 g/mol. The van der Waals surface area contributed by atoms with E-state index in [0.29, 0.717) is 11.3 Å². The molecule has 1 unspecified atom stereocenters. The van der Waals surface area contributed by atoms with Crippen molar-refractivity contribution in [2.45, 2.75) is 64.3 Å². The van der Waals surface area contributed by atoms with Crippen LogP contribution in [0.15, 0.2) is 72.8 Å². The van der Waals surface area contributed by atoms with Crippen molar-refractivity contribution in [2.24, 2.45) is 0 Å². The van der Waals surface area contributed by atoms with Crippen molar-refractivity contribution < 1.29 is 23.4 Å². The molecule has 4 nitrogen and oxygen atoms in total. The molecule has 0 fully saturated rings. The summed E-state index contributed by atoms with van der Waals surface area (Å²) < 4.78 is 43.5. The highest BCUT2D eigenvalue weighted by Crippen LogP contribution is 2.45. The van der Waals surface area contributed by atoms with Gasteiger partial charge in [0.1, 0.15) is 5.75 Å². The molecule has 0 saturated carbocycles. The predicted molar refractivity (Wildman–Crippen MR) is 151 cm³/mol. The molecule has 0 bridgehead atoms. The topological polar surface area (TPSA) is 59.5 Å². The highest BCUT2D eigenvalue weighted by Gasteiger charge is 2.56. The van der Waals surface area contributed by atoms with Crippen molar-refractivity contribution in [3.63, 3.8) is 0 Å². The number of aromatic nitrogens is 1. The van der Waals surface area contributed by atoms with Gasteiger partial charge in [-0.15, -0.1) is 0 Å². The second kappa shape index (κ2) is 11.1. The first-order chi connectivity index (χ1) is 18.3. The van der Waals surface area contributed by atoms with Crippen LogP contribution in [0.4, 0.5) is 13.2 Å². The van der Waals surface area contributed by atoms with Gasteiger partial charge < -0.3 is 15.2 Å². The average Bonchev–Trinajstić information content (AvgIpc) is 3.28. The zero-order valence-electron chi connectivity index (χ0n) is 22.9. The van der Waals surface area contributed by atoms with Gasteiger partial charge in [-0.2, -0.15) is 13.2 Å². The fourth-order valence-corrected chi connectivity index (χ4v) is 5.43. The summed E-state index contributed by atoms with van der Waals surface area (Å²) in [6.07, 6.45) is -6.14. The molecule has 3 N–H and O–H groups in total. The summed E-state index contributed by atoms with van der Waals surface area (Å²) >= 11 is 0. The first kappa shape index (κ1) is 28.7. The molecule has 0 aliphatic carbocycles. The summed E-state index contributed by atoms with van der Waals surface area (Å²) in [4.78, 5) is 5.34. The van der Waals surface area contributed by atoms with Crippen LogP contribution in [0.5, 0.6) is 5.75 Å². The van der Waals surface area contributed by atoms with Gasteiger partial charge in [-0.05, 0) is 77.3 Å². The third-order valence-electron chi connectivity index (χ3n) is 7.62. The summed E-state index contributed by atoms with van der Waals surface area (Å²) in [5, 5.41) is 22.7. The van der Waals surface area contributed by atoms with E-state index in [4.69, 9.17) is 0 Å². The van der Waals surface area contributed by atoms with E-state index >= 15 is 0 Å². The molecule has 1 atom stereocenters. The lowest BCUT2D eigenvalue weighted by Crippen LogP contribution is -2.50. The van der Waals surface area contributed by atoms with Gasteiger partial charge >= 0.3 is 6.18 Å². The van der Waals surface area contributed by atoms with Crippen LogP contribution in [0.1, 0.15) is 50.9 Å². The number of phenols is 1. The van der Waals surface area contributed by atoms with Crippen molar-refractivity contribution in [2.75, 3.05) is 13.1 Å². The first-order valence-electron chi connectivity index (χ1n) is 13.4. The number of aromatic hydroxyl groups is 1. The summed E-state index contributed by atoms with van der Waals surface area (Å²) in [6, 6.07) is 21.9. The number of hydrogen-bond donors (Lipinski definition) is 3. The van der Waals surface area contributed by atoms with Crippen LogP contribution < -0.4 is 0 Å². The van der Waals surface area contributed by atoms with Crippen LogP contribution >= 0.6 is 0 Å². The van der Waals surface area contributed by atoms with E-state index in [0.717, 1.165) is 47.2 Å². The number of nitrogens with one attached hydrogen (secondary N) is 1. The lowest BCUT2D eigenvalue weighted by atomic mass is 9.72. The summed E-state index contributed by atoms with van der Waals surface area (Å²) in [5.41, 5.74) is -0.0732. The van der Waals surface area contributed by atoms with Crippen LogP contribution in [0.25, 0.3) is 22.0 Å². The number of aromatic amines is 1. The minimum atomic E-state index is -4.89. The van der Waals surface area contributed by atoms with Crippen molar-refractivity contribution in [1.82, 2.24) is 9.88 Å². The van der Waals surface area contributed by atoms with Gasteiger partial charge in [0.25, 0.3) is 0 Å². The van der Waals surface area contributed by atoms with Crippen LogP contribution in [0.2, 0.25) is 0 Å². The molecule has 0 saturated heterocycles. The predicted octanol–water partition coefficient (Wildman–Crippen LogP) is 7.59. The molecule has 0 aliphatic rings. The number of benzene rings is 3. The maximum atomic E-state index is 14.5. The molecule has 0 radical (unpaired) electrons. The highest BCUT2D eigenvalue weighted by molar-refractivity contribution is 5.81. The van der Waals surface area contributed by atoms with Crippen molar-refractivity contribution in [3.8, 4) is 16.9 Å². The van der Waals surface area contributed by atoms with Gasteiger partial charge in [0.05, 0.1) is 0 Å².